The topological polar surface area (TPSA) is 37.3 Å². The summed E-state index contributed by atoms with van der Waals surface area (Å²) in [5.74, 6) is 0.104. The van der Waals surface area contributed by atoms with Crippen LogP contribution in [-0.2, 0) is 0 Å². The summed E-state index contributed by atoms with van der Waals surface area (Å²) in [6.07, 6.45) is 1.31. The third kappa shape index (κ3) is 2.31. The third-order valence-electron chi connectivity index (χ3n) is 1.93. The van der Waals surface area contributed by atoms with Crippen molar-refractivity contribution in [2.24, 2.45) is 0 Å². The maximum Gasteiger partial charge on any atom is 0.166 e. The largest absolute Gasteiger partial charge is 0.507 e. The van der Waals surface area contributed by atoms with E-state index in [1.165, 1.54) is 0 Å². The number of hydrogen-bond donors (Lipinski definition) is 1. The smallest absolute Gasteiger partial charge is 0.166 e. The predicted octanol–water partition coefficient (Wildman–Crippen LogP) is 2.68. The molecule has 13 heavy (non-hydrogen) atoms. The van der Waals surface area contributed by atoms with E-state index in [0.29, 0.717) is 12.0 Å². The van der Waals surface area contributed by atoms with Gasteiger partial charge in [-0.1, -0.05) is 18.6 Å². The van der Waals surface area contributed by atoms with Crippen LogP contribution in [0, 0.1) is 6.92 Å². The van der Waals surface area contributed by atoms with Crippen molar-refractivity contribution in [3.63, 3.8) is 0 Å². The fraction of sp³-hybridized carbons (Fsp3) is 0.364. The van der Waals surface area contributed by atoms with Crippen LogP contribution in [0.1, 0.15) is 35.7 Å². The summed E-state index contributed by atoms with van der Waals surface area (Å²) in [4.78, 5) is 11.5. The van der Waals surface area contributed by atoms with Gasteiger partial charge in [0.05, 0.1) is 5.56 Å². The predicted molar refractivity (Wildman–Crippen MR) is 52.1 cm³/mol. The van der Waals surface area contributed by atoms with Gasteiger partial charge in [0.2, 0.25) is 0 Å². The third-order valence-corrected chi connectivity index (χ3v) is 1.93. The first kappa shape index (κ1) is 9.78. The monoisotopic (exact) mass is 178 g/mol. The number of rotatable bonds is 3. The fourth-order valence-corrected chi connectivity index (χ4v) is 1.23. The van der Waals surface area contributed by atoms with Crippen molar-refractivity contribution >= 4 is 5.78 Å². The van der Waals surface area contributed by atoms with E-state index in [0.717, 1.165) is 12.0 Å². The minimum Gasteiger partial charge on any atom is -0.507 e. The molecule has 0 heterocycles. The molecule has 0 saturated carbocycles. The second kappa shape index (κ2) is 4.08. The van der Waals surface area contributed by atoms with Crippen molar-refractivity contribution in [2.45, 2.75) is 26.7 Å². The van der Waals surface area contributed by atoms with Crippen molar-refractivity contribution in [1.29, 1.82) is 0 Å². The first-order chi connectivity index (χ1) is 6.15. The summed E-state index contributed by atoms with van der Waals surface area (Å²) >= 11 is 0. The summed E-state index contributed by atoms with van der Waals surface area (Å²) in [5.41, 5.74) is 1.44. The Morgan fingerprint density at radius 2 is 2.15 bits per heavy atom. The van der Waals surface area contributed by atoms with Crippen LogP contribution in [0.4, 0.5) is 0 Å². The molecule has 0 aromatic heterocycles. The fourth-order valence-electron chi connectivity index (χ4n) is 1.23. The van der Waals surface area contributed by atoms with Crippen LogP contribution in [0.15, 0.2) is 18.2 Å². The van der Waals surface area contributed by atoms with Crippen molar-refractivity contribution in [3.05, 3.63) is 29.3 Å². The van der Waals surface area contributed by atoms with Gasteiger partial charge in [-0.3, -0.25) is 4.79 Å². The average Bonchev–Trinajstić information content (AvgIpc) is 2.09. The van der Waals surface area contributed by atoms with Crippen LogP contribution in [0.3, 0.4) is 0 Å². The highest BCUT2D eigenvalue weighted by molar-refractivity contribution is 5.98. The van der Waals surface area contributed by atoms with Crippen LogP contribution >= 0.6 is 0 Å². The average molecular weight is 178 g/mol. The second-order valence-corrected chi connectivity index (χ2v) is 3.19. The molecule has 0 fully saturated rings. The lowest BCUT2D eigenvalue weighted by molar-refractivity contribution is 0.0979. The van der Waals surface area contributed by atoms with Gasteiger partial charge in [-0.2, -0.15) is 0 Å². The van der Waals surface area contributed by atoms with Gasteiger partial charge in [-0.05, 0) is 25.5 Å². The number of aryl methyl sites for hydroxylation is 1. The van der Waals surface area contributed by atoms with Gasteiger partial charge < -0.3 is 5.11 Å². The van der Waals surface area contributed by atoms with Gasteiger partial charge >= 0.3 is 0 Å². The van der Waals surface area contributed by atoms with Crippen LogP contribution in [0.25, 0.3) is 0 Å². The Morgan fingerprint density at radius 1 is 1.46 bits per heavy atom. The maximum atomic E-state index is 11.5. The zero-order valence-corrected chi connectivity index (χ0v) is 8.00. The Morgan fingerprint density at radius 3 is 2.77 bits per heavy atom. The molecule has 70 valence electrons. The molecule has 0 unspecified atom stereocenters. The minimum absolute atomic E-state index is 0.0173. The molecule has 1 aromatic carbocycles. The molecule has 0 atom stereocenters. The van der Waals surface area contributed by atoms with Gasteiger partial charge in [0, 0.05) is 6.42 Å². The summed E-state index contributed by atoms with van der Waals surface area (Å²) in [6, 6.07) is 5.09. The molecule has 0 aliphatic rings. The van der Waals surface area contributed by atoms with E-state index in [9.17, 15) is 9.90 Å². The summed E-state index contributed by atoms with van der Waals surface area (Å²) in [6.45, 7) is 3.85. The van der Waals surface area contributed by atoms with Crippen LogP contribution < -0.4 is 0 Å². The molecule has 0 spiro atoms. The number of ketones is 1. The van der Waals surface area contributed by atoms with E-state index < -0.39 is 0 Å². The molecule has 1 N–H and O–H groups in total. The number of carbonyl (C=O) groups is 1. The molecule has 0 radical (unpaired) electrons. The van der Waals surface area contributed by atoms with Gasteiger partial charge in [-0.25, -0.2) is 0 Å². The molecule has 0 bridgehead atoms. The maximum absolute atomic E-state index is 11.5. The van der Waals surface area contributed by atoms with E-state index in [1.54, 1.807) is 18.2 Å². The molecule has 0 amide bonds. The molecular formula is C11H14O2. The lowest BCUT2D eigenvalue weighted by Gasteiger charge is -2.03. The highest BCUT2D eigenvalue weighted by Gasteiger charge is 2.09. The van der Waals surface area contributed by atoms with E-state index in [2.05, 4.69) is 0 Å². The highest BCUT2D eigenvalue weighted by atomic mass is 16.3. The summed E-state index contributed by atoms with van der Waals surface area (Å²) in [7, 11) is 0. The molecule has 1 aromatic rings. The lowest BCUT2D eigenvalue weighted by atomic mass is 10.0. The van der Waals surface area contributed by atoms with Gasteiger partial charge in [0.1, 0.15) is 5.75 Å². The molecule has 1 rings (SSSR count). The zero-order valence-electron chi connectivity index (χ0n) is 8.00. The number of phenols is 1. The number of carbonyl (C=O) groups excluding carboxylic acids is 1. The normalized spacial score (nSPS) is 10.0. The Bertz CT molecular complexity index is 316. The highest BCUT2D eigenvalue weighted by Crippen LogP contribution is 2.20. The van der Waals surface area contributed by atoms with Crippen LogP contribution in [0.5, 0.6) is 5.75 Å². The molecular weight excluding hydrogens is 164 g/mol. The van der Waals surface area contributed by atoms with Crippen LogP contribution in [0.2, 0.25) is 0 Å². The second-order valence-electron chi connectivity index (χ2n) is 3.19. The summed E-state index contributed by atoms with van der Waals surface area (Å²) < 4.78 is 0. The molecule has 0 aliphatic heterocycles. The van der Waals surface area contributed by atoms with Crippen molar-refractivity contribution in [1.82, 2.24) is 0 Å². The minimum atomic E-state index is 0.0173. The number of aromatic hydroxyl groups is 1. The van der Waals surface area contributed by atoms with Gasteiger partial charge in [0.15, 0.2) is 5.78 Å². The SMILES string of the molecule is CCCC(=O)c1cc(C)ccc1O. The van der Waals surface area contributed by atoms with Crippen molar-refractivity contribution in [3.8, 4) is 5.75 Å². The molecule has 2 heteroatoms. The first-order valence-electron chi connectivity index (χ1n) is 4.48. The zero-order chi connectivity index (χ0) is 9.84. The van der Waals surface area contributed by atoms with E-state index in [1.807, 2.05) is 13.8 Å². The Balaban J connectivity index is 2.99. The molecule has 0 aliphatic carbocycles. The van der Waals surface area contributed by atoms with E-state index in [-0.39, 0.29) is 11.5 Å². The van der Waals surface area contributed by atoms with Crippen molar-refractivity contribution in [2.75, 3.05) is 0 Å². The van der Waals surface area contributed by atoms with Crippen LogP contribution in [-0.4, -0.2) is 10.9 Å². The number of phenolic OH excluding ortho intramolecular Hbond substituents is 1. The Hall–Kier alpha value is -1.31. The quantitative estimate of drug-likeness (QED) is 0.722. The Kier molecular flexibility index (Phi) is 3.07. The number of Topliss-reactive ketones (excluding diaryl/α,β-unsaturated/α-hetero) is 1. The van der Waals surface area contributed by atoms with Crippen molar-refractivity contribution < 1.29 is 9.90 Å². The van der Waals surface area contributed by atoms with E-state index >= 15 is 0 Å². The first-order valence-corrected chi connectivity index (χ1v) is 4.48. The van der Waals surface area contributed by atoms with Gasteiger partial charge in [0.25, 0.3) is 0 Å². The molecule has 0 saturated heterocycles. The standard InChI is InChI=1S/C11H14O2/c1-3-4-10(12)9-7-8(2)5-6-11(9)13/h5-7,13H,3-4H2,1-2H3. The van der Waals surface area contributed by atoms with Gasteiger partial charge in [-0.15, -0.1) is 0 Å². The Labute approximate surface area is 78.2 Å². The molecule has 2 nitrogen and oxygen atoms in total. The van der Waals surface area contributed by atoms with E-state index in [4.69, 9.17) is 0 Å². The lowest BCUT2D eigenvalue weighted by Crippen LogP contribution is -1.98. The number of benzene rings is 1. The number of hydrogen-bond acceptors (Lipinski definition) is 2. The summed E-state index contributed by atoms with van der Waals surface area (Å²) in [5, 5.41) is 9.41.